The number of nitrogens with zero attached hydrogens (tertiary/aromatic N) is 1. The highest BCUT2D eigenvalue weighted by molar-refractivity contribution is 5.98. The summed E-state index contributed by atoms with van der Waals surface area (Å²) in [6, 6.07) is 3.75. The number of anilines is 1. The van der Waals surface area contributed by atoms with Gasteiger partial charge in [-0.3, -0.25) is 4.79 Å². The van der Waals surface area contributed by atoms with Crippen LogP contribution in [0.4, 0.5) is 5.82 Å². The first-order valence-electron chi connectivity index (χ1n) is 5.04. The second kappa shape index (κ2) is 4.27. The first kappa shape index (κ1) is 9.92. The van der Waals surface area contributed by atoms with E-state index in [9.17, 15) is 4.79 Å². The summed E-state index contributed by atoms with van der Waals surface area (Å²) >= 11 is 0. The number of rotatable bonds is 3. The standard InChI is InChI=1S/C10H14N4O/c11-14-9-8(5-2-6-12-9)10(15)13-7-3-1-4-7/h2,5-7H,1,3-4,11H2,(H,12,14)(H,13,15). The van der Waals surface area contributed by atoms with Crippen LogP contribution in [0, 0.1) is 0 Å². The third-order valence-corrected chi connectivity index (χ3v) is 2.63. The zero-order valence-corrected chi connectivity index (χ0v) is 8.36. The summed E-state index contributed by atoms with van der Waals surface area (Å²) < 4.78 is 0. The number of pyridine rings is 1. The number of nitrogens with one attached hydrogen (secondary N) is 2. The normalized spacial score (nSPS) is 15.5. The van der Waals surface area contributed by atoms with Gasteiger partial charge in [0.25, 0.3) is 5.91 Å². The molecule has 1 heterocycles. The number of aromatic nitrogens is 1. The second-order valence-corrected chi connectivity index (χ2v) is 3.65. The predicted octanol–water partition coefficient (Wildman–Crippen LogP) is 0.649. The lowest BCUT2D eigenvalue weighted by Gasteiger charge is -2.26. The molecule has 2 rings (SSSR count). The fraction of sp³-hybridized carbons (Fsp3) is 0.400. The van der Waals surface area contributed by atoms with Crippen molar-refractivity contribution >= 4 is 11.7 Å². The van der Waals surface area contributed by atoms with Gasteiger partial charge in [0.1, 0.15) is 0 Å². The Morgan fingerprint density at radius 2 is 2.33 bits per heavy atom. The molecular weight excluding hydrogens is 192 g/mol. The lowest BCUT2D eigenvalue weighted by molar-refractivity contribution is 0.0917. The SMILES string of the molecule is NNc1ncccc1C(=O)NC1CCC1. The summed E-state index contributed by atoms with van der Waals surface area (Å²) in [6.45, 7) is 0. The van der Waals surface area contributed by atoms with E-state index in [1.807, 2.05) is 0 Å². The first-order chi connectivity index (χ1) is 7.31. The van der Waals surface area contributed by atoms with Crippen LogP contribution in [-0.4, -0.2) is 16.9 Å². The van der Waals surface area contributed by atoms with Crippen molar-refractivity contribution in [1.82, 2.24) is 10.3 Å². The van der Waals surface area contributed by atoms with Crippen LogP contribution >= 0.6 is 0 Å². The molecule has 5 nitrogen and oxygen atoms in total. The number of carbonyl (C=O) groups is 1. The van der Waals surface area contributed by atoms with E-state index < -0.39 is 0 Å². The van der Waals surface area contributed by atoms with E-state index >= 15 is 0 Å². The van der Waals surface area contributed by atoms with Crippen molar-refractivity contribution in [2.75, 3.05) is 5.43 Å². The largest absolute Gasteiger partial charge is 0.349 e. The summed E-state index contributed by atoms with van der Waals surface area (Å²) in [4.78, 5) is 15.8. The Labute approximate surface area is 88.0 Å². The Balaban J connectivity index is 2.09. The van der Waals surface area contributed by atoms with Gasteiger partial charge in [0.05, 0.1) is 5.56 Å². The van der Waals surface area contributed by atoms with Gasteiger partial charge >= 0.3 is 0 Å². The fourth-order valence-electron chi connectivity index (χ4n) is 1.52. The van der Waals surface area contributed by atoms with E-state index in [-0.39, 0.29) is 5.91 Å². The zero-order valence-electron chi connectivity index (χ0n) is 8.36. The van der Waals surface area contributed by atoms with Crippen LogP contribution in [0.2, 0.25) is 0 Å². The molecule has 0 bridgehead atoms. The van der Waals surface area contributed by atoms with Gasteiger partial charge in [-0.25, -0.2) is 10.8 Å². The number of hydrazine groups is 1. The van der Waals surface area contributed by atoms with E-state index in [1.54, 1.807) is 18.3 Å². The van der Waals surface area contributed by atoms with Gasteiger partial charge in [-0.1, -0.05) is 0 Å². The summed E-state index contributed by atoms with van der Waals surface area (Å²) in [5.41, 5.74) is 2.91. The lowest BCUT2D eigenvalue weighted by atomic mass is 9.93. The molecule has 80 valence electrons. The number of nitrogens with two attached hydrogens (primary N) is 1. The molecule has 0 atom stereocenters. The molecular formula is C10H14N4O. The van der Waals surface area contributed by atoms with Gasteiger partial charge in [-0.05, 0) is 31.4 Å². The van der Waals surface area contributed by atoms with Crippen molar-refractivity contribution in [3.8, 4) is 0 Å². The molecule has 0 aromatic carbocycles. The Bertz CT molecular complexity index is 362. The maximum Gasteiger partial charge on any atom is 0.255 e. The first-order valence-corrected chi connectivity index (χ1v) is 5.04. The number of hydrogen-bond donors (Lipinski definition) is 3. The maximum atomic E-state index is 11.8. The number of nitrogen functional groups attached to an aromatic ring is 1. The topological polar surface area (TPSA) is 80.0 Å². The van der Waals surface area contributed by atoms with E-state index in [4.69, 9.17) is 5.84 Å². The van der Waals surface area contributed by atoms with Crippen molar-refractivity contribution in [3.05, 3.63) is 23.9 Å². The third kappa shape index (κ3) is 2.07. The quantitative estimate of drug-likeness (QED) is 0.501. The molecule has 15 heavy (non-hydrogen) atoms. The summed E-state index contributed by atoms with van der Waals surface area (Å²) in [5, 5.41) is 2.93. The minimum absolute atomic E-state index is 0.110. The lowest BCUT2D eigenvalue weighted by Crippen LogP contribution is -2.39. The highest BCUT2D eigenvalue weighted by Gasteiger charge is 2.21. The van der Waals surface area contributed by atoms with Crippen LogP contribution in [0.15, 0.2) is 18.3 Å². The molecule has 0 radical (unpaired) electrons. The molecule has 5 heteroatoms. The number of carbonyl (C=O) groups excluding carboxylic acids is 1. The van der Waals surface area contributed by atoms with Crippen molar-refractivity contribution in [2.24, 2.45) is 5.84 Å². The van der Waals surface area contributed by atoms with E-state index in [1.165, 1.54) is 6.42 Å². The number of hydrogen-bond acceptors (Lipinski definition) is 4. The van der Waals surface area contributed by atoms with E-state index in [0.717, 1.165) is 12.8 Å². The van der Waals surface area contributed by atoms with Gasteiger partial charge in [0, 0.05) is 12.2 Å². The molecule has 4 N–H and O–H groups in total. The molecule has 1 aliphatic carbocycles. The average molecular weight is 206 g/mol. The van der Waals surface area contributed by atoms with E-state index in [0.29, 0.717) is 17.4 Å². The van der Waals surface area contributed by atoms with Gasteiger partial charge in [0.15, 0.2) is 5.82 Å². The smallest absolute Gasteiger partial charge is 0.255 e. The maximum absolute atomic E-state index is 11.8. The van der Waals surface area contributed by atoms with Crippen LogP contribution in [0.5, 0.6) is 0 Å². The van der Waals surface area contributed by atoms with Crippen LogP contribution in [0.25, 0.3) is 0 Å². The minimum atomic E-state index is -0.110. The summed E-state index contributed by atoms with van der Waals surface area (Å²) in [7, 11) is 0. The second-order valence-electron chi connectivity index (χ2n) is 3.65. The fourth-order valence-corrected chi connectivity index (χ4v) is 1.52. The van der Waals surface area contributed by atoms with Crippen molar-refractivity contribution in [2.45, 2.75) is 25.3 Å². The van der Waals surface area contributed by atoms with Gasteiger partial charge in [0.2, 0.25) is 0 Å². The van der Waals surface area contributed by atoms with Crippen molar-refractivity contribution in [1.29, 1.82) is 0 Å². The van der Waals surface area contributed by atoms with Crippen LogP contribution in [0.1, 0.15) is 29.6 Å². The molecule has 1 aliphatic rings. The summed E-state index contributed by atoms with van der Waals surface area (Å²) in [5.74, 6) is 5.57. The number of amides is 1. The molecule has 0 unspecified atom stereocenters. The molecule has 1 aromatic heterocycles. The summed E-state index contributed by atoms with van der Waals surface area (Å²) in [6.07, 6.45) is 4.92. The van der Waals surface area contributed by atoms with Crippen LogP contribution in [-0.2, 0) is 0 Å². The molecule has 1 saturated carbocycles. The van der Waals surface area contributed by atoms with Crippen molar-refractivity contribution < 1.29 is 4.79 Å². The molecule has 0 spiro atoms. The van der Waals surface area contributed by atoms with Crippen LogP contribution in [0.3, 0.4) is 0 Å². The molecule has 1 fully saturated rings. The Kier molecular flexibility index (Phi) is 2.82. The van der Waals surface area contributed by atoms with Crippen molar-refractivity contribution in [3.63, 3.8) is 0 Å². The Hall–Kier alpha value is -1.62. The molecule has 1 aromatic rings. The highest BCUT2D eigenvalue weighted by atomic mass is 16.1. The van der Waals surface area contributed by atoms with Gasteiger partial charge in [-0.2, -0.15) is 0 Å². The monoisotopic (exact) mass is 206 g/mol. The predicted molar refractivity (Wildman–Crippen MR) is 57.2 cm³/mol. The van der Waals surface area contributed by atoms with Gasteiger partial charge in [-0.15, -0.1) is 0 Å². The Morgan fingerprint density at radius 1 is 1.53 bits per heavy atom. The minimum Gasteiger partial charge on any atom is -0.349 e. The third-order valence-electron chi connectivity index (χ3n) is 2.63. The average Bonchev–Trinajstić information content (AvgIpc) is 2.23. The molecule has 1 amide bonds. The molecule has 0 saturated heterocycles. The van der Waals surface area contributed by atoms with Gasteiger partial charge < -0.3 is 10.7 Å². The van der Waals surface area contributed by atoms with E-state index in [2.05, 4.69) is 15.7 Å². The zero-order chi connectivity index (χ0) is 10.7. The highest BCUT2D eigenvalue weighted by Crippen LogP contribution is 2.19. The Morgan fingerprint density at radius 3 is 2.93 bits per heavy atom. The van der Waals surface area contributed by atoms with Crippen LogP contribution < -0.4 is 16.6 Å². The molecule has 0 aliphatic heterocycles.